The highest BCUT2D eigenvalue weighted by molar-refractivity contribution is 5.79. The fourth-order valence-electron chi connectivity index (χ4n) is 2.80. The maximum absolute atomic E-state index is 12.7. The number of pyridine rings is 1. The van der Waals surface area contributed by atoms with E-state index in [2.05, 4.69) is 10.3 Å². The van der Waals surface area contributed by atoms with Gasteiger partial charge >= 0.3 is 6.18 Å². The Balaban J connectivity index is 1.40. The Morgan fingerprint density at radius 2 is 1.93 bits per heavy atom. The maximum atomic E-state index is 12.7. The molecule has 1 atom stereocenters. The number of halogens is 3. The topological polar surface area (TPSA) is 60.2 Å². The molecule has 2 aromatic carbocycles. The van der Waals surface area contributed by atoms with Gasteiger partial charge in [-0.25, -0.2) is 0 Å². The first-order valence-electron chi connectivity index (χ1n) is 9.02. The average Bonchev–Trinajstić information content (AvgIpc) is 2.69. The molecule has 1 heterocycles. The zero-order chi connectivity index (χ0) is 20.0. The van der Waals surface area contributed by atoms with Gasteiger partial charge in [-0.2, -0.15) is 13.2 Å². The minimum Gasteiger partial charge on any atom is -0.492 e. The first-order valence-corrected chi connectivity index (χ1v) is 9.02. The molecular formula is C21H22F3N3O. The minimum atomic E-state index is -4.33. The van der Waals surface area contributed by atoms with Crippen LogP contribution in [0.25, 0.3) is 10.9 Å². The second kappa shape index (κ2) is 9.03. The lowest BCUT2D eigenvalue weighted by Crippen LogP contribution is -2.31. The molecule has 0 bridgehead atoms. The third-order valence-electron chi connectivity index (χ3n) is 4.32. The third kappa shape index (κ3) is 5.68. The van der Waals surface area contributed by atoms with Crippen LogP contribution in [-0.4, -0.2) is 24.2 Å². The molecule has 0 aliphatic carbocycles. The number of hydrogen-bond donors (Lipinski definition) is 2. The van der Waals surface area contributed by atoms with Crippen molar-refractivity contribution in [3.05, 3.63) is 71.9 Å². The molecule has 148 valence electrons. The summed E-state index contributed by atoms with van der Waals surface area (Å²) in [6, 6.07) is 14.7. The van der Waals surface area contributed by atoms with E-state index in [1.165, 1.54) is 6.07 Å². The second-order valence-electron chi connectivity index (χ2n) is 6.59. The van der Waals surface area contributed by atoms with Crippen molar-refractivity contribution < 1.29 is 17.9 Å². The minimum absolute atomic E-state index is 0.187. The van der Waals surface area contributed by atoms with Crippen LogP contribution >= 0.6 is 0 Å². The Hall–Kier alpha value is -2.64. The molecule has 4 nitrogen and oxygen atoms in total. The largest absolute Gasteiger partial charge is 0.492 e. The molecule has 0 fully saturated rings. The predicted molar refractivity (Wildman–Crippen MR) is 103 cm³/mol. The number of aromatic nitrogens is 1. The molecule has 3 aromatic rings. The quantitative estimate of drug-likeness (QED) is 0.569. The average molecular weight is 389 g/mol. The Morgan fingerprint density at radius 3 is 2.75 bits per heavy atom. The van der Waals surface area contributed by atoms with Crippen molar-refractivity contribution in [2.75, 3.05) is 13.2 Å². The fourth-order valence-corrected chi connectivity index (χ4v) is 2.80. The molecule has 0 saturated carbocycles. The van der Waals surface area contributed by atoms with E-state index in [0.717, 1.165) is 23.0 Å². The number of alkyl halides is 3. The SMILES string of the molecule is NC(CCNCc1cccc(C(F)(F)F)c1)COc1ccc2cccnc2c1. The number of nitrogens with zero attached hydrogens (tertiary/aromatic N) is 1. The van der Waals surface area contributed by atoms with Crippen LogP contribution in [0, 0.1) is 0 Å². The zero-order valence-corrected chi connectivity index (χ0v) is 15.2. The summed E-state index contributed by atoms with van der Waals surface area (Å²) >= 11 is 0. The van der Waals surface area contributed by atoms with Crippen molar-refractivity contribution in [1.82, 2.24) is 10.3 Å². The van der Waals surface area contributed by atoms with Gasteiger partial charge in [0.15, 0.2) is 0 Å². The molecule has 0 radical (unpaired) electrons. The molecule has 0 amide bonds. The molecule has 1 aromatic heterocycles. The Labute approximate surface area is 161 Å². The van der Waals surface area contributed by atoms with Gasteiger partial charge in [0, 0.05) is 30.2 Å². The smallest absolute Gasteiger partial charge is 0.416 e. The van der Waals surface area contributed by atoms with Crippen LogP contribution in [0.1, 0.15) is 17.5 Å². The van der Waals surface area contributed by atoms with Gasteiger partial charge in [0.25, 0.3) is 0 Å². The number of nitrogens with two attached hydrogens (primary N) is 1. The van der Waals surface area contributed by atoms with Gasteiger partial charge in [0.2, 0.25) is 0 Å². The second-order valence-corrected chi connectivity index (χ2v) is 6.59. The monoisotopic (exact) mass is 389 g/mol. The van der Waals surface area contributed by atoms with Crippen molar-refractivity contribution in [2.24, 2.45) is 5.73 Å². The summed E-state index contributed by atoms with van der Waals surface area (Å²) in [7, 11) is 0. The molecule has 7 heteroatoms. The third-order valence-corrected chi connectivity index (χ3v) is 4.32. The molecular weight excluding hydrogens is 367 g/mol. The van der Waals surface area contributed by atoms with Crippen LogP contribution in [0.4, 0.5) is 13.2 Å². The molecule has 28 heavy (non-hydrogen) atoms. The lowest BCUT2D eigenvalue weighted by atomic mass is 10.1. The fraction of sp³-hybridized carbons (Fsp3) is 0.286. The highest BCUT2D eigenvalue weighted by atomic mass is 19.4. The van der Waals surface area contributed by atoms with Gasteiger partial charge < -0.3 is 15.8 Å². The number of fused-ring (bicyclic) bond motifs is 1. The number of hydrogen-bond acceptors (Lipinski definition) is 4. The van der Waals surface area contributed by atoms with Crippen molar-refractivity contribution in [3.8, 4) is 5.75 Å². The van der Waals surface area contributed by atoms with Crippen molar-refractivity contribution >= 4 is 10.9 Å². The molecule has 0 spiro atoms. The molecule has 1 unspecified atom stereocenters. The molecule has 0 aliphatic heterocycles. The van der Waals surface area contributed by atoms with Gasteiger partial charge in [-0.3, -0.25) is 4.98 Å². The zero-order valence-electron chi connectivity index (χ0n) is 15.2. The first kappa shape index (κ1) is 20.1. The number of benzene rings is 2. The summed E-state index contributed by atoms with van der Waals surface area (Å²) < 4.78 is 43.9. The molecule has 0 aliphatic rings. The Morgan fingerprint density at radius 1 is 1.07 bits per heavy atom. The van der Waals surface area contributed by atoms with Crippen LogP contribution in [0.2, 0.25) is 0 Å². The molecule has 3 N–H and O–H groups in total. The van der Waals surface area contributed by atoms with Crippen LogP contribution < -0.4 is 15.8 Å². The summed E-state index contributed by atoms with van der Waals surface area (Å²) in [5, 5.41) is 4.16. The number of rotatable bonds is 8. The normalized spacial score (nSPS) is 12.9. The molecule has 0 saturated heterocycles. The van der Waals surface area contributed by atoms with Crippen LogP contribution in [-0.2, 0) is 12.7 Å². The van der Waals surface area contributed by atoms with E-state index in [-0.39, 0.29) is 6.04 Å². The highest BCUT2D eigenvalue weighted by Gasteiger charge is 2.30. The lowest BCUT2D eigenvalue weighted by molar-refractivity contribution is -0.137. The maximum Gasteiger partial charge on any atom is 0.416 e. The van der Waals surface area contributed by atoms with E-state index in [1.54, 1.807) is 12.3 Å². The van der Waals surface area contributed by atoms with Crippen LogP contribution in [0.5, 0.6) is 5.75 Å². The van der Waals surface area contributed by atoms with Crippen LogP contribution in [0.3, 0.4) is 0 Å². The summed E-state index contributed by atoms with van der Waals surface area (Å²) in [4.78, 5) is 4.29. The van der Waals surface area contributed by atoms with Crippen molar-refractivity contribution in [3.63, 3.8) is 0 Å². The summed E-state index contributed by atoms with van der Waals surface area (Å²) in [6.07, 6.45) is -1.95. The van der Waals surface area contributed by atoms with E-state index in [1.807, 2.05) is 30.3 Å². The van der Waals surface area contributed by atoms with Gasteiger partial charge in [-0.15, -0.1) is 0 Å². The van der Waals surface area contributed by atoms with Gasteiger partial charge in [-0.05, 0) is 42.8 Å². The van der Waals surface area contributed by atoms with Gasteiger partial charge in [0.1, 0.15) is 12.4 Å². The van der Waals surface area contributed by atoms with Crippen molar-refractivity contribution in [2.45, 2.75) is 25.2 Å². The predicted octanol–water partition coefficient (Wildman–Crippen LogP) is 4.14. The van der Waals surface area contributed by atoms with E-state index < -0.39 is 11.7 Å². The van der Waals surface area contributed by atoms with E-state index in [4.69, 9.17) is 10.5 Å². The van der Waals surface area contributed by atoms with Crippen LogP contribution in [0.15, 0.2) is 60.8 Å². The van der Waals surface area contributed by atoms with E-state index in [0.29, 0.717) is 37.4 Å². The summed E-state index contributed by atoms with van der Waals surface area (Å²) in [6.45, 7) is 1.29. The standard InChI is InChI=1S/C21H22F3N3O/c22-21(23,24)17-5-1-3-15(11-17)13-26-10-8-18(25)14-28-19-7-6-16-4-2-9-27-20(16)12-19/h1-7,9,11-12,18,26H,8,10,13-14,25H2. The highest BCUT2D eigenvalue weighted by Crippen LogP contribution is 2.29. The van der Waals surface area contributed by atoms with E-state index in [9.17, 15) is 13.2 Å². The van der Waals surface area contributed by atoms with E-state index >= 15 is 0 Å². The Bertz CT molecular complexity index is 915. The van der Waals surface area contributed by atoms with Crippen molar-refractivity contribution in [1.29, 1.82) is 0 Å². The first-order chi connectivity index (χ1) is 13.4. The van der Waals surface area contributed by atoms with Gasteiger partial charge in [-0.1, -0.05) is 24.3 Å². The lowest BCUT2D eigenvalue weighted by Gasteiger charge is -2.14. The molecule has 3 rings (SSSR count). The number of ether oxygens (including phenoxy) is 1. The Kier molecular flexibility index (Phi) is 6.49. The number of nitrogens with one attached hydrogen (secondary N) is 1. The van der Waals surface area contributed by atoms with Gasteiger partial charge in [0.05, 0.1) is 11.1 Å². The summed E-state index contributed by atoms with van der Waals surface area (Å²) in [5.74, 6) is 0.707. The summed E-state index contributed by atoms with van der Waals surface area (Å²) in [5.41, 5.74) is 6.87.